The van der Waals surface area contributed by atoms with Crippen LogP contribution in [0.4, 0.5) is 0 Å². The number of hydrogen-bond acceptors (Lipinski definition) is 4. The lowest BCUT2D eigenvalue weighted by Crippen LogP contribution is -2.31. The monoisotopic (exact) mass is 209 g/mol. The second-order valence-corrected chi connectivity index (χ2v) is 4.27. The summed E-state index contributed by atoms with van der Waals surface area (Å²) in [6, 6.07) is 0. The number of hydrogen-bond donors (Lipinski definition) is 1. The Morgan fingerprint density at radius 1 is 1.53 bits per heavy atom. The van der Waals surface area contributed by atoms with Crippen LogP contribution in [0.25, 0.3) is 0 Å². The molecule has 1 atom stereocenters. The lowest BCUT2D eigenvalue weighted by molar-refractivity contribution is 0.349. The zero-order valence-corrected chi connectivity index (χ0v) is 9.33. The number of aryl methyl sites for hydroxylation is 1. The number of nitrogens with zero attached hydrogens (tertiary/aromatic N) is 2. The smallest absolute Gasteiger partial charge is 0.226 e. The van der Waals surface area contributed by atoms with E-state index in [-0.39, 0.29) is 0 Å². The van der Waals surface area contributed by atoms with Crippen LogP contribution in [0.3, 0.4) is 0 Å². The topological polar surface area (TPSA) is 51.0 Å². The second-order valence-electron chi connectivity index (χ2n) is 4.27. The Morgan fingerprint density at radius 2 is 2.47 bits per heavy atom. The van der Waals surface area contributed by atoms with Crippen LogP contribution in [0, 0.1) is 5.92 Å². The summed E-state index contributed by atoms with van der Waals surface area (Å²) >= 11 is 0. The van der Waals surface area contributed by atoms with Crippen molar-refractivity contribution < 1.29 is 4.52 Å². The van der Waals surface area contributed by atoms with E-state index < -0.39 is 0 Å². The zero-order chi connectivity index (χ0) is 10.5. The van der Waals surface area contributed by atoms with E-state index >= 15 is 0 Å². The molecule has 1 aromatic rings. The van der Waals surface area contributed by atoms with E-state index in [4.69, 9.17) is 4.52 Å². The molecule has 0 amide bonds. The van der Waals surface area contributed by atoms with E-state index in [1.165, 1.54) is 12.8 Å². The van der Waals surface area contributed by atoms with Crippen molar-refractivity contribution in [3.05, 3.63) is 11.7 Å². The highest BCUT2D eigenvalue weighted by Gasteiger charge is 2.16. The van der Waals surface area contributed by atoms with Crippen LogP contribution in [0.15, 0.2) is 4.52 Å². The maximum absolute atomic E-state index is 5.17. The summed E-state index contributed by atoms with van der Waals surface area (Å²) in [7, 11) is 0. The summed E-state index contributed by atoms with van der Waals surface area (Å²) < 4.78 is 5.17. The zero-order valence-electron chi connectivity index (χ0n) is 9.33. The molecule has 1 unspecified atom stereocenters. The Labute approximate surface area is 90.4 Å². The number of aromatic nitrogens is 2. The van der Waals surface area contributed by atoms with Gasteiger partial charge in [0.25, 0.3) is 0 Å². The van der Waals surface area contributed by atoms with Gasteiger partial charge < -0.3 is 9.84 Å². The SMILES string of the molecule is CCCc1nc(CC2CCCNC2)no1. The molecule has 0 bridgehead atoms. The highest BCUT2D eigenvalue weighted by Crippen LogP contribution is 2.14. The van der Waals surface area contributed by atoms with Gasteiger partial charge in [-0.2, -0.15) is 4.98 Å². The highest BCUT2D eigenvalue weighted by atomic mass is 16.5. The van der Waals surface area contributed by atoms with Gasteiger partial charge in [0, 0.05) is 12.8 Å². The second kappa shape index (κ2) is 5.26. The highest BCUT2D eigenvalue weighted by molar-refractivity contribution is 4.89. The molecule has 4 heteroatoms. The first-order valence-electron chi connectivity index (χ1n) is 5.90. The minimum atomic E-state index is 0.686. The van der Waals surface area contributed by atoms with Crippen LogP contribution < -0.4 is 5.32 Å². The van der Waals surface area contributed by atoms with Gasteiger partial charge in [-0.25, -0.2) is 0 Å². The molecule has 2 rings (SSSR count). The molecule has 0 aliphatic carbocycles. The van der Waals surface area contributed by atoms with Gasteiger partial charge in [-0.05, 0) is 38.3 Å². The first-order chi connectivity index (χ1) is 7.38. The van der Waals surface area contributed by atoms with E-state index in [1.54, 1.807) is 0 Å². The fraction of sp³-hybridized carbons (Fsp3) is 0.818. The van der Waals surface area contributed by atoms with Crippen molar-refractivity contribution in [3.63, 3.8) is 0 Å². The van der Waals surface area contributed by atoms with Gasteiger partial charge in [0.15, 0.2) is 5.82 Å². The molecular formula is C11H19N3O. The lowest BCUT2D eigenvalue weighted by Gasteiger charge is -2.20. The number of rotatable bonds is 4. The van der Waals surface area contributed by atoms with Gasteiger partial charge in [-0.1, -0.05) is 12.1 Å². The quantitative estimate of drug-likeness (QED) is 0.817. The van der Waals surface area contributed by atoms with Crippen LogP contribution in [0.2, 0.25) is 0 Å². The van der Waals surface area contributed by atoms with Crippen molar-refractivity contribution in [1.82, 2.24) is 15.5 Å². The van der Waals surface area contributed by atoms with Crippen molar-refractivity contribution in [3.8, 4) is 0 Å². The molecule has 1 aliphatic rings. The summed E-state index contributed by atoms with van der Waals surface area (Å²) in [5, 5.41) is 7.42. The van der Waals surface area contributed by atoms with Crippen LogP contribution in [0.1, 0.15) is 37.9 Å². The van der Waals surface area contributed by atoms with Crippen LogP contribution in [-0.4, -0.2) is 23.2 Å². The van der Waals surface area contributed by atoms with Crippen molar-refractivity contribution in [2.75, 3.05) is 13.1 Å². The molecule has 0 spiro atoms. The fourth-order valence-electron chi connectivity index (χ4n) is 2.04. The summed E-state index contributed by atoms with van der Waals surface area (Å²) in [5.41, 5.74) is 0. The molecule has 0 aromatic carbocycles. The molecule has 2 heterocycles. The molecule has 84 valence electrons. The Hall–Kier alpha value is -0.900. The normalized spacial score (nSPS) is 21.8. The Morgan fingerprint density at radius 3 is 3.20 bits per heavy atom. The maximum Gasteiger partial charge on any atom is 0.226 e. The molecule has 1 aromatic heterocycles. The molecule has 0 saturated carbocycles. The standard InChI is InChI=1S/C11H19N3O/c1-2-4-11-13-10(14-15-11)7-9-5-3-6-12-8-9/h9,12H,2-8H2,1H3. The van der Waals surface area contributed by atoms with Crippen molar-refractivity contribution in [1.29, 1.82) is 0 Å². The first kappa shape index (κ1) is 10.6. The third kappa shape index (κ3) is 3.02. The minimum absolute atomic E-state index is 0.686. The molecule has 1 fully saturated rings. The molecule has 1 aliphatic heterocycles. The average Bonchev–Trinajstić information content (AvgIpc) is 2.68. The van der Waals surface area contributed by atoms with E-state index in [1.807, 2.05) is 0 Å². The van der Waals surface area contributed by atoms with Crippen LogP contribution in [0.5, 0.6) is 0 Å². The van der Waals surface area contributed by atoms with Crippen molar-refractivity contribution in [2.45, 2.75) is 39.0 Å². The van der Waals surface area contributed by atoms with E-state index in [2.05, 4.69) is 22.4 Å². The van der Waals surface area contributed by atoms with Gasteiger partial charge in [0.1, 0.15) is 0 Å². The van der Waals surface area contributed by atoms with Gasteiger partial charge >= 0.3 is 0 Å². The molecule has 0 radical (unpaired) electrons. The lowest BCUT2D eigenvalue weighted by atomic mass is 9.96. The molecule has 4 nitrogen and oxygen atoms in total. The van der Waals surface area contributed by atoms with Gasteiger partial charge in [0.2, 0.25) is 5.89 Å². The van der Waals surface area contributed by atoms with Crippen LogP contribution >= 0.6 is 0 Å². The maximum atomic E-state index is 5.17. The summed E-state index contributed by atoms with van der Waals surface area (Å²) in [4.78, 5) is 4.39. The summed E-state index contributed by atoms with van der Waals surface area (Å²) in [6.45, 7) is 4.37. The van der Waals surface area contributed by atoms with E-state index in [0.717, 1.165) is 44.1 Å². The van der Waals surface area contributed by atoms with Crippen molar-refractivity contribution >= 4 is 0 Å². The molecule has 1 saturated heterocycles. The molecule has 1 N–H and O–H groups in total. The summed E-state index contributed by atoms with van der Waals surface area (Å²) in [6.07, 6.45) is 5.47. The van der Waals surface area contributed by atoms with Gasteiger partial charge in [0.05, 0.1) is 0 Å². The molecule has 15 heavy (non-hydrogen) atoms. The number of nitrogens with one attached hydrogen (secondary N) is 1. The Kier molecular flexibility index (Phi) is 3.72. The third-order valence-corrected chi connectivity index (χ3v) is 2.84. The Balaban J connectivity index is 1.86. The van der Waals surface area contributed by atoms with Gasteiger partial charge in [-0.15, -0.1) is 0 Å². The molecular weight excluding hydrogens is 190 g/mol. The predicted octanol–water partition coefficient (Wildman–Crippen LogP) is 1.56. The predicted molar refractivity (Wildman–Crippen MR) is 57.6 cm³/mol. The summed E-state index contributed by atoms with van der Waals surface area (Å²) in [5.74, 6) is 2.36. The fourth-order valence-corrected chi connectivity index (χ4v) is 2.04. The third-order valence-electron chi connectivity index (χ3n) is 2.84. The number of piperidine rings is 1. The van der Waals surface area contributed by atoms with Gasteiger partial charge in [-0.3, -0.25) is 0 Å². The van der Waals surface area contributed by atoms with E-state index in [9.17, 15) is 0 Å². The first-order valence-corrected chi connectivity index (χ1v) is 5.90. The van der Waals surface area contributed by atoms with Crippen LogP contribution in [-0.2, 0) is 12.8 Å². The Bertz CT molecular complexity index is 292. The van der Waals surface area contributed by atoms with E-state index in [0.29, 0.717) is 5.92 Å². The average molecular weight is 209 g/mol. The largest absolute Gasteiger partial charge is 0.339 e. The van der Waals surface area contributed by atoms with Crippen molar-refractivity contribution in [2.24, 2.45) is 5.92 Å². The minimum Gasteiger partial charge on any atom is -0.339 e.